The first-order valence-electron chi connectivity index (χ1n) is 7.61. The average molecular weight is 330 g/mol. The molecule has 0 fully saturated rings. The molecule has 128 valence electrons. The molecule has 0 saturated carbocycles. The van der Waals surface area contributed by atoms with E-state index in [9.17, 15) is 22.8 Å². The van der Waals surface area contributed by atoms with Crippen LogP contribution in [0.25, 0.3) is 0 Å². The van der Waals surface area contributed by atoms with E-state index in [2.05, 4.69) is 12.2 Å². The second-order valence-electron chi connectivity index (χ2n) is 5.17. The van der Waals surface area contributed by atoms with Crippen molar-refractivity contribution in [2.75, 3.05) is 11.9 Å². The van der Waals surface area contributed by atoms with Gasteiger partial charge in [0.15, 0.2) is 0 Å². The number of anilines is 1. The van der Waals surface area contributed by atoms with E-state index in [-0.39, 0.29) is 0 Å². The number of halogens is 3. The Balaban J connectivity index is 2.49. The van der Waals surface area contributed by atoms with Crippen molar-refractivity contribution >= 4 is 17.5 Å². The van der Waals surface area contributed by atoms with Crippen LogP contribution in [-0.4, -0.2) is 18.4 Å². The molecule has 1 aromatic carbocycles. The predicted octanol–water partition coefficient (Wildman–Crippen LogP) is 3.73. The van der Waals surface area contributed by atoms with Gasteiger partial charge in [-0.2, -0.15) is 13.2 Å². The molecular weight excluding hydrogens is 309 g/mol. The fraction of sp³-hybridized carbons (Fsp3) is 0.500. The largest absolute Gasteiger partial charge is 0.418 e. The van der Waals surface area contributed by atoms with Gasteiger partial charge in [0.2, 0.25) is 0 Å². The Morgan fingerprint density at radius 2 is 1.65 bits per heavy atom. The second kappa shape index (κ2) is 9.17. The summed E-state index contributed by atoms with van der Waals surface area (Å²) >= 11 is 0. The van der Waals surface area contributed by atoms with Crippen LogP contribution in [0.3, 0.4) is 0 Å². The van der Waals surface area contributed by atoms with Gasteiger partial charge in [-0.1, -0.05) is 44.7 Å². The molecule has 2 N–H and O–H groups in total. The lowest BCUT2D eigenvalue weighted by Crippen LogP contribution is -2.36. The molecule has 0 aliphatic heterocycles. The first kappa shape index (κ1) is 19.0. The summed E-state index contributed by atoms with van der Waals surface area (Å²) in [6, 6.07) is 4.53. The molecule has 0 heterocycles. The Bertz CT molecular complexity index is 530. The SMILES string of the molecule is CCCCCCCNC(=O)C(=O)Nc1ccccc1C(F)(F)F. The Morgan fingerprint density at radius 1 is 1.00 bits per heavy atom. The Kier molecular flexibility index (Phi) is 7.57. The van der Waals surface area contributed by atoms with Gasteiger partial charge in [-0.25, -0.2) is 0 Å². The number of carbonyl (C=O) groups is 2. The van der Waals surface area contributed by atoms with E-state index in [0.717, 1.165) is 44.2 Å². The van der Waals surface area contributed by atoms with E-state index >= 15 is 0 Å². The first-order valence-corrected chi connectivity index (χ1v) is 7.61. The zero-order valence-corrected chi connectivity index (χ0v) is 13.0. The van der Waals surface area contributed by atoms with Crippen molar-refractivity contribution in [3.8, 4) is 0 Å². The van der Waals surface area contributed by atoms with Gasteiger partial charge in [0.25, 0.3) is 0 Å². The summed E-state index contributed by atoms with van der Waals surface area (Å²) in [5, 5.41) is 4.41. The molecule has 0 bridgehead atoms. The third-order valence-corrected chi connectivity index (χ3v) is 3.25. The van der Waals surface area contributed by atoms with Gasteiger partial charge < -0.3 is 10.6 Å². The molecule has 0 atom stereocenters. The topological polar surface area (TPSA) is 58.2 Å². The number of alkyl halides is 3. The molecule has 7 heteroatoms. The number of hydrogen-bond acceptors (Lipinski definition) is 2. The number of benzene rings is 1. The van der Waals surface area contributed by atoms with Crippen LogP contribution in [0, 0.1) is 0 Å². The number of unbranched alkanes of at least 4 members (excludes halogenated alkanes) is 4. The maximum Gasteiger partial charge on any atom is 0.418 e. The smallest absolute Gasteiger partial charge is 0.348 e. The second-order valence-corrected chi connectivity index (χ2v) is 5.17. The average Bonchev–Trinajstić information content (AvgIpc) is 2.50. The van der Waals surface area contributed by atoms with Gasteiger partial charge in [-0.3, -0.25) is 9.59 Å². The van der Waals surface area contributed by atoms with Crippen molar-refractivity contribution < 1.29 is 22.8 Å². The van der Waals surface area contributed by atoms with E-state index < -0.39 is 29.2 Å². The molecule has 0 spiro atoms. The van der Waals surface area contributed by atoms with Gasteiger partial charge in [0.1, 0.15) is 0 Å². The van der Waals surface area contributed by atoms with Crippen molar-refractivity contribution in [2.45, 2.75) is 45.2 Å². The summed E-state index contributed by atoms with van der Waals surface area (Å²) in [5.41, 5.74) is -1.41. The molecule has 1 rings (SSSR count). The number of para-hydroxylation sites is 1. The van der Waals surface area contributed by atoms with Crippen LogP contribution in [0.4, 0.5) is 18.9 Å². The summed E-state index contributed by atoms with van der Waals surface area (Å²) in [5.74, 6) is -2.03. The zero-order valence-electron chi connectivity index (χ0n) is 13.0. The minimum absolute atomic E-state index is 0.330. The normalized spacial score (nSPS) is 11.1. The lowest BCUT2D eigenvalue weighted by molar-refractivity contribution is -0.138. The molecule has 0 aliphatic rings. The Hall–Kier alpha value is -2.05. The molecule has 0 aliphatic carbocycles. The van der Waals surface area contributed by atoms with Crippen LogP contribution in [0.15, 0.2) is 24.3 Å². The number of nitrogens with one attached hydrogen (secondary N) is 2. The van der Waals surface area contributed by atoms with E-state index in [4.69, 9.17) is 0 Å². The van der Waals surface area contributed by atoms with Crippen LogP contribution < -0.4 is 10.6 Å². The predicted molar refractivity (Wildman–Crippen MR) is 81.8 cm³/mol. The molecule has 0 saturated heterocycles. The fourth-order valence-electron chi connectivity index (χ4n) is 2.03. The molecule has 4 nitrogen and oxygen atoms in total. The van der Waals surface area contributed by atoms with E-state index in [0.29, 0.717) is 6.54 Å². The van der Waals surface area contributed by atoms with E-state index in [1.54, 1.807) is 0 Å². The van der Waals surface area contributed by atoms with E-state index in [1.807, 2.05) is 5.32 Å². The lowest BCUT2D eigenvalue weighted by Gasteiger charge is -2.13. The zero-order chi connectivity index (χ0) is 17.3. The summed E-state index contributed by atoms with van der Waals surface area (Å²) in [6.07, 6.45) is 0.345. The van der Waals surface area contributed by atoms with Crippen LogP contribution in [-0.2, 0) is 15.8 Å². The summed E-state index contributed by atoms with van der Waals surface area (Å²) in [4.78, 5) is 23.3. The highest BCUT2D eigenvalue weighted by atomic mass is 19.4. The summed E-state index contributed by atoms with van der Waals surface area (Å²) in [6.45, 7) is 2.42. The number of rotatable bonds is 7. The molecule has 0 radical (unpaired) electrons. The van der Waals surface area contributed by atoms with Crippen LogP contribution in [0.1, 0.15) is 44.6 Å². The van der Waals surface area contributed by atoms with Crippen molar-refractivity contribution in [2.24, 2.45) is 0 Å². The van der Waals surface area contributed by atoms with Gasteiger partial charge in [0.05, 0.1) is 11.3 Å². The number of amides is 2. The lowest BCUT2D eigenvalue weighted by atomic mass is 10.1. The highest BCUT2D eigenvalue weighted by Gasteiger charge is 2.33. The van der Waals surface area contributed by atoms with Gasteiger partial charge in [0, 0.05) is 6.54 Å². The van der Waals surface area contributed by atoms with Crippen molar-refractivity contribution in [3.63, 3.8) is 0 Å². The third kappa shape index (κ3) is 6.71. The monoisotopic (exact) mass is 330 g/mol. The van der Waals surface area contributed by atoms with Crippen molar-refractivity contribution in [3.05, 3.63) is 29.8 Å². The maximum absolute atomic E-state index is 12.8. The van der Waals surface area contributed by atoms with Crippen molar-refractivity contribution in [1.29, 1.82) is 0 Å². The highest BCUT2D eigenvalue weighted by Crippen LogP contribution is 2.34. The summed E-state index contributed by atoms with van der Waals surface area (Å²) < 4.78 is 38.4. The molecule has 1 aromatic rings. The van der Waals surface area contributed by atoms with Gasteiger partial charge in [-0.15, -0.1) is 0 Å². The van der Waals surface area contributed by atoms with Crippen LogP contribution in [0.5, 0.6) is 0 Å². The van der Waals surface area contributed by atoms with Crippen LogP contribution >= 0.6 is 0 Å². The number of carbonyl (C=O) groups excluding carboxylic acids is 2. The standard InChI is InChI=1S/C16H21F3N2O2/c1-2-3-4-5-8-11-20-14(22)15(23)21-13-10-7-6-9-12(13)16(17,18)19/h6-7,9-10H,2-5,8,11H2,1H3,(H,20,22)(H,21,23). The molecule has 23 heavy (non-hydrogen) atoms. The third-order valence-electron chi connectivity index (χ3n) is 3.25. The van der Waals surface area contributed by atoms with E-state index in [1.165, 1.54) is 12.1 Å². The Labute approximate surface area is 133 Å². The minimum Gasteiger partial charge on any atom is -0.348 e. The minimum atomic E-state index is -4.60. The maximum atomic E-state index is 12.8. The van der Waals surface area contributed by atoms with Gasteiger partial charge in [-0.05, 0) is 18.6 Å². The van der Waals surface area contributed by atoms with Gasteiger partial charge >= 0.3 is 18.0 Å². The highest BCUT2D eigenvalue weighted by molar-refractivity contribution is 6.39. The molecule has 0 unspecified atom stereocenters. The molecular formula is C16H21F3N2O2. The van der Waals surface area contributed by atoms with Crippen LogP contribution in [0.2, 0.25) is 0 Å². The number of hydrogen-bond donors (Lipinski definition) is 2. The molecule has 0 aromatic heterocycles. The van der Waals surface area contributed by atoms with Crippen molar-refractivity contribution in [1.82, 2.24) is 5.32 Å². The fourth-order valence-corrected chi connectivity index (χ4v) is 2.03. The Morgan fingerprint density at radius 3 is 2.30 bits per heavy atom. The quantitative estimate of drug-likeness (QED) is 0.591. The first-order chi connectivity index (χ1) is 10.9. The summed E-state index contributed by atoms with van der Waals surface area (Å²) in [7, 11) is 0. The molecule has 2 amide bonds.